The van der Waals surface area contributed by atoms with E-state index in [-0.39, 0.29) is 0 Å². The van der Waals surface area contributed by atoms with E-state index in [9.17, 15) is 0 Å². The molecule has 0 amide bonds. The van der Waals surface area contributed by atoms with Crippen molar-refractivity contribution < 1.29 is 0 Å². The van der Waals surface area contributed by atoms with Crippen molar-refractivity contribution in [3.63, 3.8) is 0 Å². The third kappa shape index (κ3) is 4.03. The third-order valence-corrected chi connectivity index (χ3v) is 4.26. The SMILES string of the molecule is CNC(CCN1CCC(N(C)C)C1)c1ccccc1. The van der Waals surface area contributed by atoms with Crippen molar-refractivity contribution in [3.8, 4) is 0 Å². The van der Waals surface area contributed by atoms with Crippen LogP contribution in [0.25, 0.3) is 0 Å². The number of hydrogen-bond acceptors (Lipinski definition) is 3. The Morgan fingerprint density at radius 3 is 2.63 bits per heavy atom. The molecule has 1 aromatic rings. The van der Waals surface area contributed by atoms with E-state index in [0.29, 0.717) is 6.04 Å². The number of rotatable bonds is 6. The first-order valence-corrected chi connectivity index (χ1v) is 7.31. The molecule has 2 unspecified atom stereocenters. The smallest absolute Gasteiger partial charge is 0.0329 e. The highest BCUT2D eigenvalue weighted by Gasteiger charge is 2.24. The Labute approximate surface area is 117 Å². The summed E-state index contributed by atoms with van der Waals surface area (Å²) in [5.41, 5.74) is 1.40. The summed E-state index contributed by atoms with van der Waals surface area (Å²) in [6.45, 7) is 3.65. The average Bonchev–Trinajstić information content (AvgIpc) is 2.90. The van der Waals surface area contributed by atoms with Gasteiger partial charge in [-0.2, -0.15) is 0 Å². The zero-order chi connectivity index (χ0) is 13.7. The van der Waals surface area contributed by atoms with Gasteiger partial charge in [0, 0.05) is 25.2 Å². The summed E-state index contributed by atoms with van der Waals surface area (Å²) in [5.74, 6) is 0. The van der Waals surface area contributed by atoms with E-state index in [1.54, 1.807) is 0 Å². The summed E-state index contributed by atoms with van der Waals surface area (Å²) < 4.78 is 0. The fourth-order valence-electron chi connectivity index (χ4n) is 2.91. The van der Waals surface area contributed by atoms with Crippen molar-refractivity contribution in [3.05, 3.63) is 35.9 Å². The summed E-state index contributed by atoms with van der Waals surface area (Å²) in [4.78, 5) is 4.95. The van der Waals surface area contributed by atoms with Crippen LogP contribution in [0.3, 0.4) is 0 Å². The lowest BCUT2D eigenvalue weighted by Crippen LogP contribution is -2.32. The largest absolute Gasteiger partial charge is 0.313 e. The maximum absolute atomic E-state index is 3.44. The molecule has 19 heavy (non-hydrogen) atoms. The van der Waals surface area contributed by atoms with Crippen molar-refractivity contribution in [2.24, 2.45) is 0 Å². The van der Waals surface area contributed by atoms with Gasteiger partial charge < -0.3 is 15.1 Å². The Kier molecular flexibility index (Phi) is 5.37. The first kappa shape index (κ1) is 14.5. The fraction of sp³-hybridized carbons (Fsp3) is 0.625. The Morgan fingerprint density at radius 1 is 1.32 bits per heavy atom. The summed E-state index contributed by atoms with van der Waals surface area (Å²) >= 11 is 0. The van der Waals surface area contributed by atoms with Crippen molar-refractivity contribution in [2.75, 3.05) is 40.8 Å². The van der Waals surface area contributed by atoms with Gasteiger partial charge >= 0.3 is 0 Å². The van der Waals surface area contributed by atoms with Gasteiger partial charge in [-0.15, -0.1) is 0 Å². The summed E-state index contributed by atoms with van der Waals surface area (Å²) in [7, 11) is 6.44. The molecule has 3 heteroatoms. The molecular weight excluding hydrogens is 234 g/mol. The van der Waals surface area contributed by atoms with Crippen LogP contribution in [0.15, 0.2) is 30.3 Å². The molecule has 3 nitrogen and oxygen atoms in total. The van der Waals surface area contributed by atoms with E-state index in [1.807, 2.05) is 0 Å². The molecule has 106 valence electrons. The normalized spacial score (nSPS) is 22.0. The van der Waals surface area contributed by atoms with Crippen LogP contribution in [-0.2, 0) is 0 Å². The molecule has 0 spiro atoms. The first-order valence-electron chi connectivity index (χ1n) is 7.31. The molecule has 0 saturated carbocycles. The number of likely N-dealkylation sites (tertiary alicyclic amines) is 1. The number of hydrogen-bond donors (Lipinski definition) is 1. The highest BCUT2D eigenvalue weighted by molar-refractivity contribution is 5.18. The molecule has 0 aromatic heterocycles. The lowest BCUT2D eigenvalue weighted by molar-refractivity contribution is 0.261. The van der Waals surface area contributed by atoms with E-state index in [0.717, 1.165) is 6.04 Å². The van der Waals surface area contributed by atoms with Gasteiger partial charge in [0.15, 0.2) is 0 Å². The van der Waals surface area contributed by atoms with Crippen LogP contribution in [0.2, 0.25) is 0 Å². The van der Waals surface area contributed by atoms with Gasteiger partial charge in [-0.25, -0.2) is 0 Å². The van der Waals surface area contributed by atoms with Crippen molar-refractivity contribution >= 4 is 0 Å². The molecular formula is C16H27N3. The summed E-state index contributed by atoms with van der Waals surface area (Å²) in [6.07, 6.45) is 2.49. The molecule has 1 fully saturated rings. The summed E-state index contributed by atoms with van der Waals surface area (Å²) in [6, 6.07) is 12.0. The molecule has 2 rings (SSSR count). The standard InChI is InChI=1S/C16H27N3/c1-17-16(14-7-5-4-6-8-14)10-12-19-11-9-15(13-19)18(2)3/h4-8,15-17H,9-13H2,1-3H3. The van der Waals surface area contributed by atoms with Gasteiger partial charge in [0.2, 0.25) is 0 Å². The van der Waals surface area contributed by atoms with E-state index >= 15 is 0 Å². The molecule has 1 aliphatic rings. The lowest BCUT2D eigenvalue weighted by atomic mass is 10.0. The lowest BCUT2D eigenvalue weighted by Gasteiger charge is -2.23. The molecule has 0 radical (unpaired) electrons. The van der Waals surface area contributed by atoms with Crippen molar-refractivity contribution in [1.29, 1.82) is 0 Å². The molecule has 0 aliphatic carbocycles. The second kappa shape index (κ2) is 7.04. The van der Waals surface area contributed by atoms with Gasteiger partial charge in [0.1, 0.15) is 0 Å². The minimum absolute atomic E-state index is 0.472. The van der Waals surface area contributed by atoms with Gasteiger partial charge in [-0.05, 0) is 46.1 Å². The molecule has 1 aromatic carbocycles. The molecule has 1 heterocycles. The number of likely N-dealkylation sites (N-methyl/N-ethyl adjacent to an activating group) is 1. The van der Waals surface area contributed by atoms with Crippen LogP contribution >= 0.6 is 0 Å². The predicted molar refractivity (Wildman–Crippen MR) is 81.4 cm³/mol. The first-order chi connectivity index (χ1) is 9.20. The Bertz CT molecular complexity index is 364. The average molecular weight is 261 g/mol. The molecule has 0 bridgehead atoms. The monoisotopic (exact) mass is 261 g/mol. The van der Waals surface area contributed by atoms with Gasteiger partial charge in [-0.1, -0.05) is 30.3 Å². The van der Waals surface area contributed by atoms with Crippen LogP contribution < -0.4 is 5.32 Å². The minimum Gasteiger partial charge on any atom is -0.313 e. The van der Waals surface area contributed by atoms with Crippen LogP contribution in [-0.4, -0.2) is 56.6 Å². The molecule has 1 N–H and O–H groups in total. The van der Waals surface area contributed by atoms with E-state index < -0.39 is 0 Å². The number of nitrogens with one attached hydrogen (secondary N) is 1. The maximum atomic E-state index is 3.44. The zero-order valence-corrected chi connectivity index (χ0v) is 12.5. The Hall–Kier alpha value is -0.900. The topological polar surface area (TPSA) is 18.5 Å². The van der Waals surface area contributed by atoms with Crippen molar-refractivity contribution in [1.82, 2.24) is 15.1 Å². The molecule has 1 saturated heterocycles. The number of benzene rings is 1. The van der Waals surface area contributed by atoms with E-state index in [4.69, 9.17) is 0 Å². The second-order valence-corrected chi connectivity index (χ2v) is 5.75. The van der Waals surface area contributed by atoms with Crippen molar-refractivity contribution in [2.45, 2.75) is 24.9 Å². The van der Waals surface area contributed by atoms with Crippen LogP contribution in [0.5, 0.6) is 0 Å². The third-order valence-electron chi connectivity index (χ3n) is 4.26. The Morgan fingerprint density at radius 2 is 2.05 bits per heavy atom. The van der Waals surface area contributed by atoms with Gasteiger partial charge in [-0.3, -0.25) is 0 Å². The predicted octanol–water partition coefficient (Wildman–Crippen LogP) is 1.97. The summed E-state index contributed by atoms with van der Waals surface area (Å²) in [5, 5.41) is 3.44. The molecule has 2 atom stereocenters. The van der Waals surface area contributed by atoms with Gasteiger partial charge in [0.05, 0.1) is 0 Å². The van der Waals surface area contributed by atoms with Crippen LogP contribution in [0, 0.1) is 0 Å². The zero-order valence-electron chi connectivity index (χ0n) is 12.5. The highest BCUT2D eigenvalue weighted by Crippen LogP contribution is 2.19. The Balaban J connectivity index is 1.81. The van der Waals surface area contributed by atoms with E-state index in [2.05, 4.69) is 66.6 Å². The minimum atomic E-state index is 0.472. The maximum Gasteiger partial charge on any atom is 0.0329 e. The molecule has 1 aliphatic heterocycles. The number of nitrogens with zero attached hydrogens (tertiary/aromatic N) is 2. The van der Waals surface area contributed by atoms with E-state index in [1.165, 1.54) is 38.0 Å². The second-order valence-electron chi connectivity index (χ2n) is 5.75. The quantitative estimate of drug-likeness (QED) is 0.844. The van der Waals surface area contributed by atoms with Crippen LogP contribution in [0.1, 0.15) is 24.4 Å². The highest BCUT2D eigenvalue weighted by atomic mass is 15.2. The van der Waals surface area contributed by atoms with Gasteiger partial charge in [0.25, 0.3) is 0 Å². The van der Waals surface area contributed by atoms with Crippen LogP contribution in [0.4, 0.5) is 0 Å². The fourth-order valence-corrected chi connectivity index (χ4v) is 2.91.